The van der Waals surface area contributed by atoms with Gasteiger partial charge in [-0.1, -0.05) is 31.3 Å². The number of para-hydroxylation sites is 1. The van der Waals surface area contributed by atoms with Gasteiger partial charge in [-0.2, -0.15) is 0 Å². The van der Waals surface area contributed by atoms with Crippen molar-refractivity contribution in [1.29, 1.82) is 0 Å². The van der Waals surface area contributed by atoms with Crippen LogP contribution in [0.3, 0.4) is 0 Å². The van der Waals surface area contributed by atoms with E-state index in [0.29, 0.717) is 0 Å². The van der Waals surface area contributed by atoms with Crippen molar-refractivity contribution >= 4 is 19.7 Å². The van der Waals surface area contributed by atoms with Crippen LogP contribution in [-0.2, 0) is 0 Å². The molecular formula is C10H16NSi. The molecule has 0 aliphatic carbocycles. The van der Waals surface area contributed by atoms with Crippen molar-refractivity contribution in [3.63, 3.8) is 0 Å². The Kier molecular flexibility index (Phi) is 2.92. The summed E-state index contributed by atoms with van der Waals surface area (Å²) in [4.78, 5) is 2.19. The van der Waals surface area contributed by atoms with Crippen molar-refractivity contribution in [2.45, 2.75) is 13.1 Å². The molecule has 0 bridgehead atoms. The molecule has 0 aliphatic rings. The topological polar surface area (TPSA) is 3.24 Å². The van der Waals surface area contributed by atoms with Crippen LogP contribution in [-0.4, -0.2) is 22.9 Å². The van der Waals surface area contributed by atoms with Crippen molar-refractivity contribution in [1.82, 2.24) is 0 Å². The maximum Gasteiger partial charge on any atom is 0.0819 e. The maximum absolute atomic E-state index is 2.33. The quantitative estimate of drug-likeness (QED) is 0.623. The summed E-state index contributed by atoms with van der Waals surface area (Å²) < 4.78 is 0. The average molecular weight is 178 g/mol. The third kappa shape index (κ3) is 1.88. The summed E-state index contributed by atoms with van der Waals surface area (Å²) in [5.74, 6) is 0. The molecule has 0 atom stereocenters. The average Bonchev–Trinajstić information content (AvgIpc) is 2.04. The van der Waals surface area contributed by atoms with E-state index in [2.05, 4.69) is 56.4 Å². The Morgan fingerprint density at radius 3 is 2.08 bits per heavy atom. The Labute approximate surface area is 76.6 Å². The zero-order valence-corrected chi connectivity index (χ0v) is 9.26. The van der Waals surface area contributed by atoms with E-state index in [1.165, 1.54) is 10.9 Å². The first-order valence-corrected chi connectivity index (χ1v) is 6.70. The second-order valence-corrected chi connectivity index (χ2v) is 5.95. The highest BCUT2D eigenvalue weighted by molar-refractivity contribution is 6.72. The third-order valence-electron chi connectivity index (χ3n) is 1.92. The molecule has 0 saturated carbocycles. The van der Waals surface area contributed by atoms with Gasteiger partial charge in [0.15, 0.2) is 0 Å². The first-order chi connectivity index (χ1) is 5.63. The van der Waals surface area contributed by atoms with Crippen LogP contribution in [0.25, 0.3) is 0 Å². The Bertz CT molecular complexity index is 229. The van der Waals surface area contributed by atoms with Crippen molar-refractivity contribution < 1.29 is 0 Å². The Morgan fingerprint density at radius 2 is 1.67 bits per heavy atom. The number of rotatable bonds is 2. The fourth-order valence-corrected chi connectivity index (χ4v) is 2.54. The van der Waals surface area contributed by atoms with Gasteiger partial charge in [0.05, 0.1) is 8.80 Å². The minimum absolute atomic E-state index is 0.328. The molecule has 1 aromatic carbocycles. The highest BCUT2D eigenvalue weighted by Gasteiger charge is 2.07. The van der Waals surface area contributed by atoms with Gasteiger partial charge >= 0.3 is 0 Å². The van der Waals surface area contributed by atoms with Crippen LogP contribution in [0.15, 0.2) is 24.3 Å². The summed E-state index contributed by atoms with van der Waals surface area (Å²) in [5, 5.41) is 1.52. The molecule has 0 heterocycles. The van der Waals surface area contributed by atoms with Crippen LogP contribution in [0.2, 0.25) is 13.1 Å². The molecule has 65 valence electrons. The standard InChI is InChI=1S/C10H16NSi/c1-11(2)9-7-5-6-8-10(9)12(3)4/h5-8H,1-4H3. The number of hydrogen-bond acceptors (Lipinski definition) is 1. The van der Waals surface area contributed by atoms with Crippen LogP contribution in [0, 0.1) is 0 Å². The first kappa shape index (κ1) is 9.33. The predicted molar refractivity (Wildman–Crippen MR) is 57.9 cm³/mol. The molecule has 0 unspecified atom stereocenters. The summed E-state index contributed by atoms with van der Waals surface area (Å²) >= 11 is 0. The van der Waals surface area contributed by atoms with Gasteiger partial charge in [-0.25, -0.2) is 0 Å². The minimum Gasteiger partial charge on any atom is -0.378 e. The largest absolute Gasteiger partial charge is 0.378 e. The van der Waals surface area contributed by atoms with Gasteiger partial charge in [0, 0.05) is 19.8 Å². The molecule has 0 aliphatic heterocycles. The Morgan fingerprint density at radius 1 is 1.08 bits per heavy atom. The van der Waals surface area contributed by atoms with E-state index in [-0.39, 0.29) is 8.80 Å². The fourth-order valence-electron chi connectivity index (χ4n) is 1.29. The molecule has 12 heavy (non-hydrogen) atoms. The van der Waals surface area contributed by atoms with E-state index < -0.39 is 0 Å². The van der Waals surface area contributed by atoms with Gasteiger partial charge < -0.3 is 4.90 Å². The van der Waals surface area contributed by atoms with Crippen LogP contribution in [0.5, 0.6) is 0 Å². The number of hydrogen-bond donors (Lipinski definition) is 0. The zero-order chi connectivity index (χ0) is 9.14. The second-order valence-electron chi connectivity index (χ2n) is 3.41. The monoisotopic (exact) mass is 178 g/mol. The Hall–Kier alpha value is -0.763. The lowest BCUT2D eigenvalue weighted by Gasteiger charge is -2.18. The van der Waals surface area contributed by atoms with Crippen molar-refractivity contribution in [2.24, 2.45) is 0 Å². The molecule has 0 spiro atoms. The van der Waals surface area contributed by atoms with E-state index in [1.54, 1.807) is 0 Å². The highest BCUT2D eigenvalue weighted by Crippen LogP contribution is 2.07. The lowest BCUT2D eigenvalue weighted by molar-refractivity contribution is 1.14. The van der Waals surface area contributed by atoms with Crippen LogP contribution >= 0.6 is 0 Å². The minimum atomic E-state index is -0.328. The molecule has 0 N–H and O–H groups in total. The molecule has 0 aromatic heterocycles. The van der Waals surface area contributed by atoms with Gasteiger partial charge in [-0.3, -0.25) is 0 Å². The number of benzene rings is 1. The number of nitrogens with zero attached hydrogens (tertiary/aromatic N) is 1. The summed E-state index contributed by atoms with van der Waals surface area (Å²) in [5.41, 5.74) is 1.37. The fraction of sp³-hybridized carbons (Fsp3) is 0.400. The predicted octanol–water partition coefficient (Wildman–Crippen LogP) is 1.71. The molecule has 1 rings (SSSR count). The van der Waals surface area contributed by atoms with Crippen LogP contribution < -0.4 is 10.1 Å². The molecule has 1 radical (unpaired) electrons. The van der Waals surface area contributed by atoms with Gasteiger partial charge in [-0.05, 0) is 11.3 Å². The molecule has 1 nitrogen and oxygen atoms in total. The maximum atomic E-state index is 2.33. The normalized spacial score (nSPS) is 10.4. The molecular weight excluding hydrogens is 162 g/mol. The number of anilines is 1. The third-order valence-corrected chi connectivity index (χ3v) is 3.42. The SMILES string of the molecule is CN(C)c1ccccc1[Si](C)C. The lowest BCUT2D eigenvalue weighted by atomic mass is 10.3. The van der Waals surface area contributed by atoms with E-state index in [4.69, 9.17) is 0 Å². The molecule has 1 aromatic rings. The Balaban J connectivity index is 3.09. The summed E-state index contributed by atoms with van der Waals surface area (Å²) in [6.07, 6.45) is 0. The second kappa shape index (κ2) is 3.76. The highest BCUT2D eigenvalue weighted by atomic mass is 28.3. The molecule has 0 fully saturated rings. The van der Waals surface area contributed by atoms with E-state index in [9.17, 15) is 0 Å². The van der Waals surface area contributed by atoms with Crippen molar-refractivity contribution in [2.75, 3.05) is 19.0 Å². The van der Waals surface area contributed by atoms with Crippen LogP contribution in [0.1, 0.15) is 0 Å². The van der Waals surface area contributed by atoms with Crippen molar-refractivity contribution in [3.8, 4) is 0 Å². The lowest BCUT2D eigenvalue weighted by Crippen LogP contribution is -2.29. The molecule has 2 heteroatoms. The van der Waals surface area contributed by atoms with Gasteiger partial charge in [-0.15, -0.1) is 0 Å². The summed E-state index contributed by atoms with van der Waals surface area (Å²) in [7, 11) is 3.87. The van der Waals surface area contributed by atoms with Gasteiger partial charge in [0.2, 0.25) is 0 Å². The van der Waals surface area contributed by atoms with E-state index in [0.717, 1.165) is 0 Å². The van der Waals surface area contributed by atoms with Crippen LogP contribution in [0.4, 0.5) is 5.69 Å². The molecule has 0 amide bonds. The molecule has 0 saturated heterocycles. The van der Waals surface area contributed by atoms with E-state index in [1.807, 2.05) is 0 Å². The van der Waals surface area contributed by atoms with Crippen molar-refractivity contribution in [3.05, 3.63) is 24.3 Å². The smallest absolute Gasteiger partial charge is 0.0819 e. The summed E-state index contributed by atoms with van der Waals surface area (Å²) in [6, 6.07) is 8.65. The summed E-state index contributed by atoms with van der Waals surface area (Å²) in [6.45, 7) is 4.65. The van der Waals surface area contributed by atoms with E-state index >= 15 is 0 Å². The van der Waals surface area contributed by atoms with Gasteiger partial charge in [0.1, 0.15) is 0 Å². The van der Waals surface area contributed by atoms with Gasteiger partial charge in [0.25, 0.3) is 0 Å². The zero-order valence-electron chi connectivity index (χ0n) is 8.26. The first-order valence-electron chi connectivity index (χ1n) is 4.20.